The lowest BCUT2D eigenvalue weighted by Gasteiger charge is -2.02. The van der Waals surface area contributed by atoms with E-state index in [2.05, 4.69) is 4.98 Å². The van der Waals surface area contributed by atoms with E-state index in [1.165, 1.54) is 0 Å². The Balaban J connectivity index is 3.86. The van der Waals surface area contributed by atoms with Crippen LogP contribution in [-0.2, 0) is 20.2 Å². The monoisotopic (exact) mass is 284 g/mol. The fourth-order valence-corrected chi connectivity index (χ4v) is 2.32. The summed E-state index contributed by atoms with van der Waals surface area (Å²) in [6.45, 7) is 0. The molecule has 0 saturated heterocycles. The minimum Gasteiger partial charge on any atom is -0.282 e. The second-order valence-corrected chi connectivity index (χ2v) is 5.40. The van der Waals surface area contributed by atoms with E-state index in [-0.39, 0.29) is 0 Å². The van der Waals surface area contributed by atoms with Gasteiger partial charge in [-0.1, -0.05) is 0 Å². The summed E-state index contributed by atoms with van der Waals surface area (Å²) in [5.41, 5.74) is -1.52. The Morgan fingerprint density at radius 3 is 2.06 bits per heavy atom. The molecule has 10 nitrogen and oxygen atoms in total. The van der Waals surface area contributed by atoms with E-state index >= 15 is 0 Å². The first-order valence-electron chi connectivity index (χ1n) is 3.63. The molecule has 1 aromatic heterocycles. The Morgan fingerprint density at radius 2 is 1.71 bits per heavy atom. The highest BCUT2D eigenvalue weighted by atomic mass is 32.2. The number of hydrogen-bond donors (Lipinski definition) is 2. The van der Waals surface area contributed by atoms with E-state index < -0.39 is 40.8 Å². The van der Waals surface area contributed by atoms with Crippen molar-refractivity contribution >= 4 is 25.9 Å². The van der Waals surface area contributed by atoms with Gasteiger partial charge in [-0.2, -0.15) is 16.8 Å². The third-order valence-corrected chi connectivity index (χ3v) is 3.23. The van der Waals surface area contributed by atoms with Gasteiger partial charge in [-0.15, -0.1) is 0 Å². The quantitative estimate of drug-likeness (QED) is 0.422. The largest absolute Gasteiger partial charge is 0.330 e. The van der Waals surface area contributed by atoms with Crippen LogP contribution in [0.25, 0.3) is 0 Å². The number of pyridine rings is 1. The minimum atomic E-state index is -5.09. The van der Waals surface area contributed by atoms with Gasteiger partial charge in [0.25, 0.3) is 5.03 Å². The molecular formula is C5H4N2O8S2. The van der Waals surface area contributed by atoms with Crippen LogP contribution in [0.2, 0.25) is 0 Å². The van der Waals surface area contributed by atoms with Crippen molar-refractivity contribution in [2.75, 3.05) is 0 Å². The maximum absolute atomic E-state index is 10.8. The molecule has 0 aliphatic heterocycles. The summed E-state index contributed by atoms with van der Waals surface area (Å²) in [5, 5.41) is 9.09. The number of rotatable bonds is 3. The lowest BCUT2D eigenvalue weighted by atomic mass is 10.4. The van der Waals surface area contributed by atoms with Gasteiger partial charge in [0.05, 0.1) is 4.92 Å². The van der Waals surface area contributed by atoms with Crippen LogP contribution in [0.5, 0.6) is 0 Å². The first-order valence-corrected chi connectivity index (χ1v) is 6.51. The number of aromatic nitrogens is 1. The molecule has 1 aromatic rings. The Hall–Kier alpha value is -1.63. The maximum atomic E-state index is 10.8. The van der Waals surface area contributed by atoms with Crippen molar-refractivity contribution in [2.45, 2.75) is 9.92 Å². The van der Waals surface area contributed by atoms with Gasteiger partial charge in [-0.05, 0) is 6.07 Å². The minimum absolute atomic E-state index is 0.530. The van der Waals surface area contributed by atoms with Crippen LogP contribution in [-0.4, -0.2) is 35.8 Å². The molecule has 0 atom stereocenters. The predicted molar refractivity (Wildman–Crippen MR) is 50.5 cm³/mol. The van der Waals surface area contributed by atoms with E-state index in [0.29, 0.717) is 12.3 Å². The third-order valence-electron chi connectivity index (χ3n) is 1.56. The van der Waals surface area contributed by atoms with Gasteiger partial charge in [0, 0.05) is 6.20 Å². The van der Waals surface area contributed by atoms with Gasteiger partial charge in [-0.25, -0.2) is 4.98 Å². The van der Waals surface area contributed by atoms with Crippen LogP contribution in [0.4, 0.5) is 5.69 Å². The Morgan fingerprint density at radius 1 is 1.18 bits per heavy atom. The summed E-state index contributed by atoms with van der Waals surface area (Å²) in [5.74, 6) is 0. The van der Waals surface area contributed by atoms with Gasteiger partial charge >= 0.3 is 25.9 Å². The predicted octanol–water partition coefficient (Wildman–Crippen LogP) is -0.517. The third kappa shape index (κ3) is 2.73. The molecule has 0 fully saturated rings. The van der Waals surface area contributed by atoms with Gasteiger partial charge < -0.3 is 0 Å². The number of nitro groups is 1. The molecule has 0 spiro atoms. The Kier molecular flexibility index (Phi) is 3.15. The highest BCUT2D eigenvalue weighted by Gasteiger charge is 2.34. The van der Waals surface area contributed by atoms with E-state index in [1.54, 1.807) is 0 Å². The molecule has 0 saturated carbocycles. The van der Waals surface area contributed by atoms with E-state index in [1.807, 2.05) is 0 Å². The lowest BCUT2D eigenvalue weighted by Crippen LogP contribution is -2.11. The van der Waals surface area contributed by atoms with Gasteiger partial charge in [0.15, 0.2) is 4.90 Å². The smallest absolute Gasteiger partial charge is 0.282 e. The summed E-state index contributed by atoms with van der Waals surface area (Å²) < 4.78 is 60.4. The van der Waals surface area contributed by atoms with E-state index in [9.17, 15) is 26.9 Å². The first-order chi connectivity index (χ1) is 7.55. The molecule has 0 aliphatic rings. The second kappa shape index (κ2) is 3.99. The average Bonchev–Trinajstić information content (AvgIpc) is 2.13. The second-order valence-electron chi connectivity index (χ2n) is 2.67. The van der Waals surface area contributed by atoms with Gasteiger partial charge in [0.1, 0.15) is 0 Å². The molecule has 0 radical (unpaired) electrons. The van der Waals surface area contributed by atoms with Gasteiger partial charge in [0.2, 0.25) is 0 Å². The Bertz CT molecular complexity index is 626. The molecule has 17 heavy (non-hydrogen) atoms. The molecule has 12 heteroatoms. The van der Waals surface area contributed by atoms with E-state index in [4.69, 9.17) is 9.11 Å². The average molecular weight is 284 g/mol. The summed E-state index contributed by atoms with van der Waals surface area (Å²) in [4.78, 5) is 10.9. The Labute approximate surface area is 94.6 Å². The molecule has 2 N–H and O–H groups in total. The van der Waals surface area contributed by atoms with Crippen molar-refractivity contribution < 1.29 is 30.9 Å². The molecule has 1 heterocycles. The number of nitrogens with zero attached hydrogens (tertiary/aromatic N) is 2. The summed E-state index contributed by atoms with van der Waals surface area (Å²) in [6, 6.07) is 0.530. The fourth-order valence-electron chi connectivity index (χ4n) is 0.983. The molecule has 1 rings (SSSR count). The highest BCUT2D eigenvalue weighted by molar-refractivity contribution is 7.86. The standard InChI is InChI=1S/C5H4N2O8S2/c8-7(9)4-3(16(10,11)12)1-2-6-5(4)17(13,14)15/h1-2H,(H,10,11,12)(H,13,14,15). The van der Waals surface area contributed by atoms with Crippen LogP contribution in [0.1, 0.15) is 0 Å². The van der Waals surface area contributed by atoms with Crippen molar-refractivity contribution in [2.24, 2.45) is 0 Å². The zero-order valence-electron chi connectivity index (χ0n) is 7.71. The van der Waals surface area contributed by atoms with Crippen molar-refractivity contribution in [1.82, 2.24) is 4.98 Å². The highest BCUT2D eigenvalue weighted by Crippen LogP contribution is 2.28. The lowest BCUT2D eigenvalue weighted by molar-refractivity contribution is -0.391. The molecule has 0 unspecified atom stereocenters. The molecule has 94 valence electrons. The van der Waals surface area contributed by atoms with E-state index in [0.717, 1.165) is 0 Å². The first kappa shape index (κ1) is 13.4. The van der Waals surface area contributed by atoms with Crippen LogP contribution >= 0.6 is 0 Å². The molecule has 0 aliphatic carbocycles. The van der Waals surface area contributed by atoms with Crippen molar-refractivity contribution in [3.05, 3.63) is 22.4 Å². The van der Waals surface area contributed by atoms with Crippen LogP contribution in [0, 0.1) is 10.1 Å². The fraction of sp³-hybridized carbons (Fsp3) is 0. The SMILES string of the molecule is O=[N+]([O-])c1c(S(=O)(=O)O)ccnc1S(=O)(=O)O. The summed E-state index contributed by atoms with van der Waals surface area (Å²) >= 11 is 0. The maximum Gasteiger partial charge on any atom is 0.330 e. The van der Waals surface area contributed by atoms with Gasteiger partial charge in [-0.3, -0.25) is 19.2 Å². The number of hydrogen-bond acceptors (Lipinski definition) is 7. The van der Waals surface area contributed by atoms with Crippen LogP contribution in [0.3, 0.4) is 0 Å². The molecular weight excluding hydrogens is 280 g/mol. The van der Waals surface area contributed by atoms with Crippen LogP contribution in [0.15, 0.2) is 22.2 Å². The van der Waals surface area contributed by atoms with Crippen LogP contribution < -0.4 is 0 Å². The molecule has 0 amide bonds. The summed E-state index contributed by atoms with van der Waals surface area (Å²) in [7, 11) is -10.1. The van der Waals surface area contributed by atoms with Crippen molar-refractivity contribution in [3.8, 4) is 0 Å². The molecule has 0 bridgehead atoms. The topological polar surface area (TPSA) is 165 Å². The van der Waals surface area contributed by atoms with Crippen molar-refractivity contribution in [1.29, 1.82) is 0 Å². The summed E-state index contributed by atoms with van der Waals surface area (Å²) in [6.07, 6.45) is 0.583. The zero-order chi connectivity index (χ0) is 13.4. The zero-order valence-corrected chi connectivity index (χ0v) is 9.34. The molecule has 0 aromatic carbocycles. The van der Waals surface area contributed by atoms with Crippen molar-refractivity contribution in [3.63, 3.8) is 0 Å². The normalized spacial score (nSPS) is 12.4.